The van der Waals surface area contributed by atoms with Gasteiger partial charge in [0.15, 0.2) is 6.29 Å². The Labute approximate surface area is 136 Å². The van der Waals surface area contributed by atoms with E-state index in [1.807, 2.05) is 0 Å². The van der Waals surface area contributed by atoms with Crippen molar-refractivity contribution in [1.82, 2.24) is 5.32 Å². The summed E-state index contributed by atoms with van der Waals surface area (Å²) in [6.45, 7) is 2.39. The smallest absolute Gasteiger partial charge is 0.407 e. The van der Waals surface area contributed by atoms with Gasteiger partial charge < -0.3 is 34.8 Å². The number of hydrogen-bond donors (Lipinski definition) is 4. The molecule has 0 bridgehead atoms. The van der Waals surface area contributed by atoms with Crippen molar-refractivity contribution in [3.05, 3.63) is 0 Å². The van der Waals surface area contributed by atoms with Gasteiger partial charge >= 0.3 is 6.09 Å². The van der Waals surface area contributed by atoms with Crippen molar-refractivity contribution in [3.8, 4) is 0 Å². The van der Waals surface area contributed by atoms with Gasteiger partial charge in [0.1, 0.15) is 31.0 Å². The Morgan fingerprint density at radius 2 is 1.83 bits per heavy atom. The SMILES string of the molecule is CCCCCCCNC(=O)OC[C@H]1OC(O)[C@H](OC)[C@@H](O)[C@@H]1O. The van der Waals surface area contributed by atoms with Gasteiger partial charge in [0.25, 0.3) is 0 Å². The number of nitrogens with one attached hydrogen (secondary N) is 1. The lowest BCUT2D eigenvalue weighted by atomic mass is 9.99. The highest BCUT2D eigenvalue weighted by Crippen LogP contribution is 2.22. The first-order chi connectivity index (χ1) is 11.0. The van der Waals surface area contributed by atoms with Gasteiger partial charge in [-0.3, -0.25) is 0 Å². The molecule has 23 heavy (non-hydrogen) atoms. The van der Waals surface area contributed by atoms with Crippen molar-refractivity contribution in [3.63, 3.8) is 0 Å². The Bertz CT molecular complexity index is 342. The molecule has 1 fully saturated rings. The molecule has 0 aromatic heterocycles. The minimum absolute atomic E-state index is 0.270. The minimum atomic E-state index is -1.39. The molecule has 0 aromatic rings. The van der Waals surface area contributed by atoms with Crippen LogP contribution < -0.4 is 5.32 Å². The van der Waals surface area contributed by atoms with Crippen molar-refractivity contribution < 1.29 is 34.3 Å². The van der Waals surface area contributed by atoms with Crippen molar-refractivity contribution in [2.75, 3.05) is 20.3 Å². The molecule has 0 saturated carbocycles. The van der Waals surface area contributed by atoms with E-state index in [2.05, 4.69) is 12.2 Å². The first-order valence-corrected chi connectivity index (χ1v) is 8.14. The van der Waals surface area contributed by atoms with Crippen molar-refractivity contribution in [2.45, 2.75) is 69.7 Å². The van der Waals surface area contributed by atoms with Crippen LogP contribution in [0.1, 0.15) is 39.0 Å². The number of methoxy groups -OCH3 is 1. The summed E-state index contributed by atoms with van der Waals surface area (Å²) in [4.78, 5) is 11.5. The molecule has 1 aliphatic heterocycles. The number of hydrogen-bond acceptors (Lipinski definition) is 7. The van der Waals surface area contributed by atoms with E-state index in [1.165, 1.54) is 20.0 Å². The molecule has 8 nitrogen and oxygen atoms in total. The maximum absolute atomic E-state index is 11.5. The highest BCUT2D eigenvalue weighted by atomic mass is 16.7. The molecular weight excluding hydrogens is 306 g/mol. The van der Waals surface area contributed by atoms with E-state index in [9.17, 15) is 20.1 Å². The van der Waals surface area contributed by atoms with Gasteiger partial charge in [-0.05, 0) is 6.42 Å². The summed E-state index contributed by atoms with van der Waals surface area (Å²) in [6.07, 6.45) is -1.27. The summed E-state index contributed by atoms with van der Waals surface area (Å²) in [5.74, 6) is 0. The molecule has 8 heteroatoms. The molecule has 0 aromatic carbocycles. The van der Waals surface area contributed by atoms with Gasteiger partial charge in [-0.1, -0.05) is 32.6 Å². The monoisotopic (exact) mass is 335 g/mol. The number of carbonyl (C=O) groups excluding carboxylic acids is 1. The molecule has 1 rings (SSSR count). The topological polar surface area (TPSA) is 117 Å². The Balaban J connectivity index is 2.22. The quantitative estimate of drug-likeness (QED) is 0.443. The molecule has 1 amide bonds. The summed E-state index contributed by atoms with van der Waals surface area (Å²) in [6, 6.07) is 0. The van der Waals surface area contributed by atoms with Gasteiger partial charge in [0.05, 0.1) is 0 Å². The van der Waals surface area contributed by atoms with Gasteiger partial charge in [0, 0.05) is 13.7 Å². The van der Waals surface area contributed by atoms with Crippen LogP contribution in [0.25, 0.3) is 0 Å². The maximum Gasteiger partial charge on any atom is 0.407 e. The second-order valence-electron chi connectivity index (χ2n) is 5.69. The lowest BCUT2D eigenvalue weighted by Crippen LogP contribution is -2.59. The van der Waals surface area contributed by atoms with Gasteiger partial charge in [0.2, 0.25) is 0 Å². The predicted molar refractivity (Wildman–Crippen MR) is 81.8 cm³/mol. The Hall–Kier alpha value is -0.930. The molecule has 136 valence electrons. The average molecular weight is 335 g/mol. The first kappa shape index (κ1) is 20.1. The molecular formula is C15H29NO7. The van der Waals surface area contributed by atoms with E-state index in [4.69, 9.17) is 14.2 Å². The molecule has 1 saturated heterocycles. The number of ether oxygens (including phenoxy) is 3. The van der Waals surface area contributed by atoms with Crippen LogP contribution in [-0.2, 0) is 14.2 Å². The van der Waals surface area contributed by atoms with E-state index in [1.54, 1.807) is 0 Å². The van der Waals surface area contributed by atoms with E-state index in [-0.39, 0.29) is 6.61 Å². The standard InChI is InChI=1S/C15H29NO7/c1-3-4-5-6-7-8-16-15(20)22-9-10-11(17)12(18)13(21-2)14(19)23-10/h10-14,17-19H,3-9H2,1-2H3,(H,16,20)/t10-,11-,12+,13-,14?/m1/s1. The third kappa shape index (κ3) is 6.60. The van der Waals surface area contributed by atoms with Crippen LogP contribution in [0.2, 0.25) is 0 Å². The number of alkyl carbamates (subject to hydrolysis) is 1. The van der Waals surface area contributed by atoms with Crippen molar-refractivity contribution in [2.24, 2.45) is 0 Å². The minimum Gasteiger partial charge on any atom is -0.447 e. The lowest BCUT2D eigenvalue weighted by Gasteiger charge is -2.39. The third-order valence-corrected chi connectivity index (χ3v) is 3.86. The number of amides is 1. The molecule has 1 aliphatic rings. The zero-order valence-corrected chi connectivity index (χ0v) is 13.8. The second kappa shape index (κ2) is 10.8. The van der Waals surface area contributed by atoms with Crippen LogP contribution in [-0.4, -0.2) is 72.4 Å². The average Bonchev–Trinajstić information content (AvgIpc) is 2.53. The summed E-state index contributed by atoms with van der Waals surface area (Å²) in [5, 5.41) is 32.0. The van der Waals surface area contributed by atoms with Crippen LogP contribution >= 0.6 is 0 Å². The normalized spacial score (nSPS) is 30.9. The van der Waals surface area contributed by atoms with Crippen LogP contribution in [0.5, 0.6) is 0 Å². The molecule has 0 aliphatic carbocycles. The van der Waals surface area contributed by atoms with Crippen LogP contribution in [0.15, 0.2) is 0 Å². The lowest BCUT2D eigenvalue weighted by molar-refractivity contribution is -0.291. The number of carbonyl (C=O) groups is 1. The first-order valence-electron chi connectivity index (χ1n) is 8.14. The van der Waals surface area contributed by atoms with Crippen LogP contribution in [0.4, 0.5) is 4.79 Å². The zero-order valence-electron chi connectivity index (χ0n) is 13.8. The van der Waals surface area contributed by atoms with E-state index >= 15 is 0 Å². The number of rotatable bonds is 9. The molecule has 1 unspecified atom stereocenters. The molecule has 1 heterocycles. The van der Waals surface area contributed by atoms with E-state index in [0.29, 0.717) is 6.54 Å². The van der Waals surface area contributed by atoms with Crippen molar-refractivity contribution in [1.29, 1.82) is 0 Å². The van der Waals surface area contributed by atoms with Crippen LogP contribution in [0.3, 0.4) is 0 Å². The number of aliphatic hydroxyl groups excluding tert-OH is 3. The fourth-order valence-electron chi connectivity index (χ4n) is 2.44. The highest BCUT2D eigenvalue weighted by Gasteiger charge is 2.44. The molecule has 0 radical (unpaired) electrons. The largest absolute Gasteiger partial charge is 0.447 e. The summed E-state index contributed by atoms with van der Waals surface area (Å²) >= 11 is 0. The molecule has 4 N–H and O–H groups in total. The van der Waals surface area contributed by atoms with E-state index < -0.39 is 36.8 Å². The highest BCUT2D eigenvalue weighted by molar-refractivity contribution is 5.67. The fourth-order valence-corrected chi connectivity index (χ4v) is 2.44. The Kier molecular flexibility index (Phi) is 9.42. The van der Waals surface area contributed by atoms with Crippen molar-refractivity contribution >= 4 is 6.09 Å². The molecule has 5 atom stereocenters. The fraction of sp³-hybridized carbons (Fsp3) is 0.933. The van der Waals surface area contributed by atoms with Gasteiger partial charge in [-0.15, -0.1) is 0 Å². The summed E-state index contributed by atoms with van der Waals surface area (Å²) in [7, 11) is 1.29. The zero-order chi connectivity index (χ0) is 17.2. The van der Waals surface area contributed by atoms with Gasteiger partial charge in [-0.2, -0.15) is 0 Å². The second-order valence-corrected chi connectivity index (χ2v) is 5.69. The third-order valence-electron chi connectivity index (χ3n) is 3.86. The molecule has 0 spiro atoms. The van der Waals surface area contributed by atoms with E-state index in [0.717, 1.165) is 19.3 Å². The Morgan fingerprint density at radius 3 is 2.48 bits per heavy atom. The van der Waals surface area contributed by atoms with Gasteiger partial charge in [-0.25, -0.2) is 4.79 Å². The summed E-state index contributed by atoms with van der Waals surface area (Å²) in [5.41, 5.74) is 0. The maximum atomic E-state index is 11.5. The summed E-state index contributed by atoms with van der Waals surface area (Å²) < 4.78 is 14.9. The number of aliphatic hydroxyl groups is 3. The van der Waals surface area contributed by atoms with Crippen LogP contribution in [0, 0.1) is 0 Å². The predicted octanol–water partition coefficient (Wildman–Crippen LogP) is 0.137. The Morgan fingerprint density at radius 1 is 1.13 bits per heavy atom. The number of unbranched alkanes of at least 4 members (excludes halogenated alkanes) is 4.